The normalized spacial score (nSPS) is 10.4. The van der Waals surface area contributed by atoms with E-state index in [1.807, 2.05) is 60.7 Å². The lowest BCUT2D eigenvalue weighted by atomic mass is 9.97. The molecule has 7 nitrogen and oxygen atoms in total. The standard InChI is InChI=1S/C29H28N4O3/c1-21(34)32-26-9-4-8-24(18-26)28-10-3-2-7-23(28)15-17-36-27-13-11-25(12-14-27)33-29(35)31-20-22-6-5-16-30-19-22/h2-14,16,18-19H,15,17,20H2,1H3,(H,32,34)(H2,31,33,35). The summed E-state index contributed by atoms with van der Waals surface area (Å²) in [5, 5.41) is 8.45. The van der Waals surface area contributed by atoms with Crippen molar-refractivity contribution in [3.8, 4) is 16.9 Å². The molecule has 0 bridgehead atoms. The SMILES string of the molecule is CC(=O)Nc1cccc(-c2ccccc2CCOc2ccc(NC(=O)NCc3cccnc3)cc2)c1. The Bertz CT molecular complexity index is 1310. The third-order valence-corrected chi connectivity index (χ3v) is 5.44. The van der Waals surface area contributed by atoms with Crippen LogP contribution in [0.25, 0.3) is 11.1 Å². The summed E-state index contributed by atoms with van der Waals surface area (Å²) in [5.41, 5.74) is 5.67. The molecular formula is C29H28N4O3. The number of carbonyl (C=O) groups excluding carboxylic acids is 2. The number of nitrogens with one attached hydrogen (secondary N) is 3. The van der Waals surface area contributed by atoms with Gasteiger partial charge in [0.1, 0.15) is 5.75 Å². The molecule has 0 aliphatic rings. The molecular weight excluding hydrogens is 452 g/mol. The van der Waals surface area contributed by atoms with E-state index >= 15 is 0 Å². The molecule has 0 spiro atoms. The molecule has 0 aliphatic carbocycles. The molecule has 0 fully saturated rings. The molecule has 0 saturated carbocycles. The van der Waals surface area contributed by atoms with E-state index in [1.54, 1.807) is 24.5 Å². The Hall–Kier alpha value is -4.65. The van der Waals surface area contributed by atoms with Crippen molar-refractivity contribution in [3.63, 3.8) is 0 Å². The molecule has 3 amide bonds. The second-order valence-electron chi connectivity index (χ2n) is 8.21. The first-order valence-electron chi connectivity index (χ1n) is 11.7. The van der Waals surface area contributed by atoms with Gasteiger partial charge in [0.05, 0.1) is 6.61 Å². The van der Waals surface area contributed by atoms with E-state index in [0.717, 1.165) is 40.1 Å². The van der Waals surface area contributed by atoms with E-state index in [4.69, 9.17) is 4.74 Å². The zero-order valence-electron chi connectivity index (χ0n) is 20.0. The lowest BCUT2D eigenvalue weighted by molar-refractivity contribution is -0.114. The van der Waals surface area contributed by atoms with E-state index in [1.165, 1.54) is 6.92 Å². The lowest BCUT2D eigenvalue weighted by Crippen LogP contribution is -2.28. The van der Waals surface area contributed by atoms with E-state index in [0.29, 0.717) is 18.8 Å². The number of benzene rings is 3. The highest BCUT2D eigenvalue weighted by atomic mass is 16.5. The first-order valence-corrected chi connectivity index (χ1v) is 11.7. The molecule has 7 heteroatoms. The summed E-state index contributed by atoms with van der Waals surface area (Å²) in [5.74, 6) is 0.627. The quantitative estimate of drug-likeness (QED) is 0.289. The van der Waals surface area contributed by atoms with Crippen molar-refractivity contribution in [3.05, 3.63) is 108 Å². The summed E-state index contributed by atoms with van der Waals surface area (Å²) in [6.07, 6.45) is 4.13. The number of amides is 3. The molecule has 0 saturated heterocycles. The number of pyridine rings is 1. The number of ether oxygens (including phenoxy) is 1. The molecule has 182 valence electrons. The molecule has 1 heterocycles. The molecule has 0 atom stereocenters. The van der Waals surface area contributed by atoms with Gasteiger partial charge in [0, 0.05) is 43.7 Å². The van der Waals surface area contributed by atoms with Crippen molar-refractivity contribution in [2.75, 3.05) is 17.2 Å². The minimum Gasteiger partial charge on any atom is -0.493 e. The minimum absolute atomic E-state index is 0.0968. The molecule has 0 radical (unpaired) electrons. The molecule has 4 aromatic rings. The maximum absolute atomic E-state index is 12.1. The van der Waals surface area contributed by atoms with Gasteiger partial charge in [-0.05, 0) is 64.7 Å². The average molecular weight is 481 g/mol. The summed E-state index contributed by atoms with van der Waals surface area (Å²) >= 11 is 0. The molecule has 4 rings (SSSR count). The number of rotatable bonds is 9. The predicted molar refractivity (Wildman–Crippen MR) is 142 cm³/mol. The number of hydrogen-bond donors (Lipinski definition) is 3. The summed E-state index contributed by atoms with van der Waals surface area (Å²) < 4.78 is 5.95. The van der Waals surface area contributed by atoms with Crippen LogP contribution in [0, 0.1) is 0 Å². The summed E-state index contributed by atoms with van der Waals surface area (Å²) in [6.45, 7) is 2.40. The third kappa shape index (κ3) is 7.17. The smallest absolute Gasteiger partial charge is 0.319 e. The number of carbonyl (C=O) groups is 2. The van der Waals surface area contributed by atoms with Gasteiger partial charge in [-0.1, -0.05) is 42.5 Å². The van der Waals surface area contributed by atoms with Gasteiger partial charge in [-0.2, -0.15) is 0 Å². The molecule has 0 aliphatic heterocycles. The first-order chi connectivity index (χ1) is 17.6. The molecule has 36 heavy (non-hydrogen) atoms. The highest BCUT2D eigenvalue weighted by molar-refractivity contribution is 5.90. The average Bonchev–Trinajstić information content (AvgIpc) is 2.89. The predicted octanol–water partition coefficient (Wildman–Crippen LogP) is 5.65. The van der Waals surface area contributed by atoms with Crippen LogP contribution in [-0.2, 0) is 17.8 Å². The van der Waals surface area contributed by atoms with Crippen molar-refractivity contribution in [2.24, 2.45) is 0 Å². The molecule has 0 unspecified atom stereocenters. The second-order valence-corrected chi connectivity index (χ2v) is 8.21. The topological polar surface area (TPSA) is 92.4 Å². The summed E-state index contributed by atoms with van der Waals surface area (Å²) in [6, 6.07) is 26.7. The Morgan fingerprint density at radius 2 is 1.69 bits per heavy atom. The summed E-state index contributed by atoms with van der Waals surface area (Å²) in [7, 11) is 0. The number of urea groups is 1. The highest BCUT2D eigenvalue weighted by Crippen LogP contribution is 2.27. The highest BCUT2D eigenvalue weighted by Gasteiger charge is 2.07. The van der Waals surface area contributed by atoms with Gasteiger partial charge >= 0.3 is 6.03 Å². The van der Waals surface area contributed by atoms with Gasteiger partial charge in [-0.3, -0.25) is 9.78 Å². The molecule has 3 N–H and O–H groups in total. The Morgan fingerprint density at radius 1 is 0.861 bits per heavy atom. The number of anilines is 2. The summed E-state index contributed by atoms with van der Waals surface area (Å²) in [4.78, 5) is 27.6. The molecule has 1 aromatic heterocycles. The number of nitrogens with zero attached hydrogens (tertiary/aromatic N) is 1. The van der Waals surface area contributed by atoms with Crippen LogP contribution in [0.5, 0.6) is 5.75 Å². The number of aromatic nitrogens is 1. The maximum atomic E-state index is 12.1. The van der Waals surface area contributed by atoms with Crippen molar-refractivity contribution >= 4 is 23.3 Å². The minimum atomic E-state index is -0.285. The van der Waals surface area contributed by atoms with Gasteiger partial charge in [0.25, 0.3) is 0 Å². The van der Waals surface area contributed by atoms with Crippen molar-refractivity contribution in [1.29, 1.82) is 0 Å². The largest absolute Gasteiger partial charge is 0.493 e. The van der Waals surface area contributed by atoms with Crippen LogP contribution in [0.3, 0.4) is 0 Å². The lowest BCUT2D eigenvalue weighted by Gasteiger charge is -2.13. The van der Waals surface area contributed by atoms with Crippen LogP contribution in [0.2, 0.25) is 0 Å². The fraction of sp³-hybridized carbons (Fsp3) is 0.138. The number of hydrogen-bond acceptors (Lipinski definition) is 4. The Kier molecular flexibility index (Phi) is 8.27. The van der Waals surface area contributed by atoms with Gasteiger partial charge in [0.15, 0.2) is 0 Å². The van der Waals surface area contributed by atoms with Crippen LogP contribution >= 0.6 is 0 Å². The Balaban J connectivity index is 1.29. The van der Waals surface area contributed by atoms with Crippen LogP contribution in [-0.4, -0.2) is 23.5 Å². The van der Waals surface area contributed by atoms with Gasteiger partial charge in [-0.15, -0.1) is 0 Å². The van der Waals surface area contributed by atoms with Crippen LogP contribution in [0.1, 0.15) is 18.1 Å². The van der Waals surface area contributed by atoms with Crippen LogP contribution < -0.4 is 20.7 Å². The zero-order chi connectivity index (χ0) is 25.2. The van der Waals surface area contributed by atoms with Gasteiger partial charge < -0.3 is 20.7 Å². The second kappa shape index (κ2) is 12.2. The fourth-order valence-electron chi connectivity index (χ4n) is 3.76. The van der Waals surface area contributed by atoms with E-state index in [-0.39, 0.29) is 11.9 Å². The van der Waals surface area contributed by atoms with Gasteiger partial charge in [-0.25, -0.2) is 4.79 Å². The van der Waals surface area contributed by atoms with Crippen molar-refractivity contribution in [2.45, 2.75) is 19.9 Å². The van der Waals surface area contributed by atoms with Crippen LogP contribution in [0.4, 0.5) is 16.2 Å². The zero-order valence-corrected chi connectivity index (χ0v) is 20.0. The fourth-order valence-corrected chi connectivity index (χ4v) is 3.76. The van der Waals surface area contributed by atoms with E-state index in [9.17, 15) is 9.59 Å². The van der Waals surface area contributed by atoms with E-state index in [2.05, 4.69) is 33.1 Å². The van der Waals surface area contributed by atoms with Gasteiger partial charge in [0.2, 0.25) is 5.91 Å². The van der Waals surface area contributed by atoms with E-state index < -0.39 is 0 Å². The third-order valence-electron chi connectivity index (χ3n) is 5.44. The first kappa shape index (κ1) is 24.5. The monoisotopic (exact) mass is 480 g/mol. The van der Waals surface area contributed by atoms with Crippen molar-refractivity contribution in [1.82, 2.24) is 10.3 Å². The molecule has 3 aromatic carbocycles. The maximum Gasteiger partial charge on any atom is 0.319 e. The Labute approximate surface area is 210 Å². The van der Waals surface area contributed by atoms with Crippen LogP contribution in [0.15, 0.2) is 97.3 Å². The Morgan fingerprint density at radius 3 is 2.47 bits per heavy atom. The van der Waals surface area contributed by atoms with Crippen molar-refractivity contribution < 1.29 is 14.3 Å².